The SMILES string of the molecule is CCCCCCCCCCCCCCCCCC(=O)OC[N+](C)(C)CCC.[Cl-]. The fraction of sp³-hybridized carbons (Fsp3) is 0.958. The molecule has 0 aromatic carbocycles. The van der Waals surface area contributed by atoms with Crippen LogP contribution in [0.4, 0.5) is 0 Å². The Hall–Kier alpha value is -0.280. The van der Waals surface area contributed by atoms with Crippen LogP contribution in [-0.4, -0.2) is 37.8 Å². The van der Waals surface area contributed by atoms with Crippen LogP contribution in [0.1, 0.15) is 123 Å². The van der Waals surface area contributed by atoms with Crippen molar-refractivity contribution >= 4 is 5.97 Å². The highest BCUT2D eigenvalue weighted by Gasteiger charge is 2.15. The zero-order valence-corrected chi connectivity index (χ0v) is 20.3. The van der Waals surface area contributed by atoms with Crippen molar-refractivity contribution in [3.63, 3.8) is 0 Å². The van der Waals surface area contributed by atoms with Gasteiger partial charge in [0.05, 0.1) is 20.6 Å². The van der Waals surface area contributed by atoms with Crippen LogP contribution in [0.2, 0.25) is 0 Å². The predicted octanol–water partition coefficient (Wildman–Crippen LogP) is 4.24. The second-order valence-corrected chi connectivity index (χ2v) is 9.00. The summed E-state index contributed by atoms with van der Waals surface area (Å²) < 4.78 is 6.18. The Balaban J connectivity index is 0. The molecular formula is C24H50ClNO2. The molecule has 0 unspecified atom stereocenters. The Morgan fingerprint density at radius 3 is 1.43 bits per heavy atom. The van der Waals surface area contributed by atoms with Gasteiger partial charge in [-0.25, -0.2) is 0 Å². The lowest BCUT2D eigenvalue weighted by Gasteiger charge is -2.28. The molecule has 0 aromatic heterocycles. The number of carbonyl (C=O) groups excluding carboxylic acids is 1. The standard InChI is InChI=1S/C24H50NO2.ClH/c1-5-7-8-9-10-11-12-13-14-15-16-17-18-19-20-21-24(26)27-23-25(3,4)22-6-2;/h5-23H2,1-4H3;1H/q+1;/p-1. The molecule has 0 saturated heterocycles. The van der Waals surface area contributed by atoms with E-state index in [4.69, 9.17) is 4.74 Å². The lowest BCUT2D eigenvalue weighted by Crippen LogP contribution is -3.00. The number of carbonyl (C=O) groups is 1. The normalized spacial score (nSPS) is 11.3. The van der Waals surface area contributed by atoms with Gasteiger partial charge in [-0.05, 0) is 12.8 Å². The topological polar surface area (TPSA) is 26.3 Å². The first-order valence-electron chi connectivity index (χ1n) is 12.0. The fourth-order valence-corrected chi connectivity index (χ4v) is 3.63. The molecule has 28 heavy (non-hydrogen) atoms. The van der Waals surface area contributed by atoms with Gasteiger partial charge in [-0.2, -0.15) is 0 Å². The first-order chi connectivity index (χ1) is 13.0. The first-order valence-corrected chi connectivity index (χ1v) is 12.0. The number of quaternary nitrogens is 1. The second-order valence-electron chi connectivity index (χ2n) is 9.00. The largest absolute Gasteiger partial charge is 1.00 e. The molecule has 0 atom stereocenters. The van der Waals surface area contributed by atoms with Gasteiger partial charge in [0.25, 0.3) is 0 Å². The highest BCUT2D eigenvalue weighted by Crippen LogP contribution is 2.14. The van der Waals surface area contributed by atoms with Crippen LogP contribution in [-0.2, 0) is 9.53 Å². The average Bonchev–Trinajstić information content (AvgIpc) is 2.63. The van der Waals surface area contributed by atoms with Gasteiger partial charge in [0, 0.05) is 6.42 Å². The third-order valence-electron chi connectivity index (χ3n) is 5.39. The summed E-state index contributed by atoms with van der Waals surface area (Å²) in [5, 5.41) is 0. The smallest absolute Gasteiger partial charge is 0.310 e. The van der Waals surface area contributed by atoms with E-state index in [0.717, 1.165) is 23.9 Å². The molecule has 0 N–H and O–H groups in total. The molecule has 4 heteroatoms. The van der Waals surface area contributed by atoms with Gasteiger partial charge in [-0.1, -0.05) is 104 Å². The van der Waals surface area contributed by atoms with E-state index in [-0.39, 0.29) is 18.4 Å². The van der Waals surface area contributed by atoms with Crippen molar-refractivity contribution in [3.05, 3.63) is 0 Å². The van der Waals surface area contributed by atoms with E-state index in [9.17, 15) is 4.79 Å². The van der Waals surface area contributed by atoms with Gasteiger partial charge in [0.2, 0.25) is 6.73 Å². The number of nitrogens with zero attached hydrogens (tertiary/aromatic N) is 1. The molecule has 0 fully saturated rings. The van der Waals surface area contributed by atoms with Gasteiger partial charge in [0.1, 0.15) is 0 Å². The van der Waals surface area contributed by atoms with Crippen molar-refractivity contribution < 1.29 is 26.4 Å². The quantitative estimate of drug-likeness (QED) is 0.128. The molecule has 0 aliphatic rings. The lowest BCUT2D eigenvalue weighted by molar-refractivity contribution is -0.907. The number of halogens is 1. The summed E-state index contributed by atoms with van der Waals surface area (Å²) in [6.45, 7) is 6.00. The van der Waals surface area contributed by atoms with Crippen LogP contribution < -0.4 is 12.4 Å². The van der Waals surface area contributed by atoms with Gasteiger partial charge >= 0.3 is 5.97 Å². The van der Waals surface area contributed by atoms with E-state index < -0.39 is 0 Å². The Morgan fingerprint density at radius 1 is 0.643 bits per heavy atom. The van der Waals surface area contributed by atoms with Crippen molar-refractivity contribution in [2.24, 2.45) is 0 Å². The van der Waals surface area contributed by atoms with E-state index in [1.807, 2.05) is 0 Å². The number of unbranched alkanes of at least 4 members (excludes halogenated alkanes) is 14. The maximum absolute atomic E-state index is 11.8. The van der Waals surface area contributed by atoms with E-state index in [1.165, 1.54) is 89.9 Å². The Morgan fingerprint density at radius 2 is 1.04 bits per heavy atom. The minimum atomic E-state index is -0.0213. The minimum absolute atomic E-state index is 0. The Kier molecular flexibility index (Phi) is 22.9. The van der Waals surface area contributed by atoms with E-state index in [2.05, 4.69) is 27.9 Å². The summed E-state index contributed by atoms with van der Waals surface area (Å²) in [7, 11) is 4.23. The first kappa shape index (κ1) is 29.9. The zero-order chi connectivity index (χ0) is 20.2. The van der Waals surface area contributed by atoms with Crippen LogP contribution in [0.25, 0.3) is 0 Å². The number of hydrogen-bond acceptors (Lipinski definition) is 2. The number of rotatable bonds is 20. The third kappa shape index (κ3) is 22.0. The second kappa shape index (κ2) is 21.4. The molecule has 0 aliphatic carbocycles. The molecular weight excluding hydrogens is 370 g/mol. The summed E-state index contributed by atoms with van der Waals surface area (Å²) in [5.41, 5.74) is 0. The molecule has 0 bridgehead atoms. The maximum Gasteiger partial charge on any atom is 0.310 e. The van der Waals surface area contributed by atoms with Gasteiger partial charge in [-0.15, -0.1) is 0 Å². The predicted molar refractivity (Wildman–Crippen MR) is 118 cm³/mol. The molecule has 0 rings (SSSR count). The highest BCUT2D eigenvalue weighted by molar-refractivity contribution is 5.69. The zero-order valence-electron chi connectivity index (χ0n) is 19.6. The van der Waals surface area contributed by atoms with Crippen molar-refractivity contribution in [1.82, 2.24) is 0 Å². The van der Waals surface area contributed by atoms with Crippen LogP contribution >= 0.6 is 0 Å². The summed E-state index contributed by atoms with van der Waals surface area (Å²) >= 11 is 0. The average molecular weight is 420 g/mol. The molecule has 0 radical (unpaired) electrons. The Bertz CT molecular complexity index is 335. The van der Waals surface area contributed by atoms with Crippen LogP contribution in [0, 0.1) is 0 Å². The van der Waals surface area contributed by atoms with Crippen LogP contribution in [0.5, 0.6) is 0 Å². The maximum atomic E-state index is 11.8. The highest BCUT2D eigenvalue weighted by atomic mass is 35.5. The number of esters is 1. The lowest BCUT2D eigenvalue weighted by atomic mass is 10.0. The van der Waals surface area contributed by atoms with Crippen molar-refractivity contribution in [1.29, 1.82) is 0 Å². The van der Waals surface area contributed by atoms with E-state index in [0.29, 0.717) is 13.2 Å². The molecule has 0 spiro atoms. The minimum Gasteiger partial charge on any atom is -1.00 e. The van der Waals surface area contributed by atoms with Crippen LogP contribution in [0.15, 0.2) is 0 Å². The van der Waals surface area contributed by atoms with Crippen molar-refractivity contribution in [3.8, 4) is 0 Å². The summed E-state index contributed by atoms with van der Waals surface area (Å²) in [6.07, 6.45) is 22.0. The van der Waals surface area contributed by atoms with E-state index in [1.54, 1.807) is 0 Å². The molecule has 0 aliphatic heterocycles. The summed E-state index contributed by atoms with van der Waals surface area (Å²) in [4.78, 5) is 11.8. The number of hydrogen-bond donors (Lipinski definition) is 0. The molecule has 170 valence electrons. The van der Waals surface area contributed by atoms with Crippen molar-refractivity contribution in [2.75, 3.05) is 27.4 Å². The third-order valence-corrected chi connectivity index (χ3v) is 5.39. The fourth-order valence-electron chi connectivity index (χ4n) is 3.63. The summed E-state index contributed by atoms with van der Waals surface area (Å²) in [6, 6.07) is 0. The molecule has 0 saturated carbocycles. The number of ether oxygens (including phenoxy) is 1. The molecule has 0 heterocycles. The monoisotopic (exact) mass is 419 g/mol. The van der Waals surface area contributed by atoms with Gasteiger partial charge in [0.15, 0.2) is 0 Å². The van der Waals surface area contributed by atoms with Crippen molar-refractivity contribution in [2.45, 2.75) is 123 Å². The van der Waals surface area contributed by atoms with E-state index >= 15 is 0 Å². The molecule has 0 aromatic rings. The van der Waals surface area contributed by atoms with Gasteiger partial charge in [-0.3, -0.25) is 9.28 Å². The Labute approximate surface area is 183 Å². The van der Waals surface area contributed by atoms with Crippen LogP contribution in [0.3, 0.4) is 0 Å². The molecule has 0 amide bonds. The molecule has 3 nitrogen and oxygen atoms in total. The van der Waals surface area contributed by atoms with Gasteiger partial charge < -0.3 is 17.1 Å². The summed E-state index contributed by atoms with van der Waals surface area (Å²) in [5.74, 6) is -0.0213.